The van der Waals surface area contributed by atoms with E-state index in [4.69, 9.17) is 4.42 Å². The molecule has 3 aromatic rings. The van der Waals surface area contributed by atoms with Gasteiger partial charge >= 0.3 is 0 Å². The molecule has 9 heteroatoms. The maximum absolute atomic E-state index is 13.5. The average molecular weight is 428 g/mol. The zero-order valence-electron chi connectivity index (χ0n) is 16.5. The van der Waals surface area contributed by atoms with E-state index >= 15 is 0 Å². The fourth-order valence-corrected chi connectivity index (χ4v) is 4.75. The topological polar surface area (TPSA) is 69.9 Å². The minimum Gasteiger partial charge on any atom is -0.451 e. The Morgan fingerprint density at radius 2 is 1.90 bits per heavy atom. The van der Waals surface area contributed by atoms with Crippen LogP contribution in [0, 0.1) is 12.7 Å². The van der Waals surface area contributed by atoms with Gasteiger partial charge in [-0.1, -0.05) is 0 Å². The van der Waals surface area contributed by atoms with Crippen LogP contribution in [0.25, 0.3) is 11.0 Å². The number of carbonyl (C=O) groups is 2. The Labute approximate surface area is 176 Å². The minimum absolute atomic E-state index is 0.00754. The van der Waals surface area contributed by atoms with E-state index in [0.29, 0.717) is 47.7 Å². The van der Waals surface area contributed by atoms with E-state index in [9.17, 15) is 14.0 Å². The molecule has 2 aliphatic heterocycles. The molecule has 1 aromatic carbocycles. The number of likely N-dealkylation sites (tertiary alicyclic amines) is 1. The van der Waals surface area contributed by atoms with Gasteiger partial charge in [-0.2, -0.15) is 0 Å². The summed E-state index contributed by atoms with van der Waals surface area (Å²) in [5.41, 5.74) is 1.20. The Kier molecular flexibility index (Phi) is 4.79. The highest BCUT2D eigenvalue weighted by atomic mass is 32.1. The Hall–Kier alpha value is -2.78. The number of benzene rings is 1. The number of amides is 2. The van der Waals surface area contributed by atoms with Crippen molar-refractivity contribution in [2.45, 2.75) is 13.0 Å². The summed E-state index contributed by atoms with van der Waals surface area (Å²) in [6.07, 6.45) is 1.65. The molecule has 2 amide bonds. The highest BCUT2D eigenvalue weighted by Gasteiger charge is 2.38. The Balaban J connectivity index is 1.18. The number of hydrogen-bond donors (Lipinski definition) is 0. The molecule has 2 aliphatic rings. The maximum atomic E-state index is 13.5. The molecule has 4 heterocycles. The normalized spacial score (nSPS) is 18.1. The van der Waals surface area contributed by atoms with Gasteiger partial charge in [0.05, 0.1) is 0 Å². The first kappa shape index (κ1) is 19.2. The molecule has 0 radical (unpaired) electrons. The molecule has 0 saturated carbocycles. The number of aromatic nitrogens is 1. The molecule has 0 aliphatic carbocycles. The monoisotopic (exact) mass is 428 g/mol. The number of aryl methyl sites for hydroxylation is 1. The van der Waals surface area contributed by atoms with Crippen molar-refractivity contribution >= 4 is 34.1 Å². The van der Waals surface area contributed by atoms with Crippen molar-refractivity contribution in [1.82, 2.24) is 19.7 Å². The second-order valence-corrected chi connectivity index (χ2v) is 8.62. The van der Waals surface area contributed by atoms with Crippen LogP contribution in [0.4, 0.5) is 4.39 Å². The molecule has 2 aromatic heterocycles. The summed E-state index contributed by atoms with van der Waals surface area (Å²) in [5, 5.41) is 2.98. The largest absolute Gasteiger partial charge is 0.451 e. The van der Waals surface area contributed by atoms with Gasteiger partial charge in [0.2, 0.25) is 0 Å². The zero-order chi connectivity index (χ0) is 20.8. The van der Waals surface area contributed by atoms with Gasteiger partial charge in [0, 0.05) is 67.8 Å². The lowest BCUT2D eigenvalue weighted by atomic mass is 10.0. The summed E-state index contributed by atoms with van der Waals surface area (Å²) in [6, 6.07) is 4.57. The van der Waals surface area contributed by atoms with Crippen LogP contribution >= 0.6 is 11.3 Å². The Morgan fingerprint density at radius 1 is 1.13 bits per heavy atom. The van der Waals surface area contributed by atoms with E-state index in [1.54, 1.807) is 24.1 Å². The molecule has 5 rings (SSSR count). The van der Waals surface area contributed by atoms with Crippen LogP contribution in [0.1, 0.15) is 25.9 Å². The van der Waals surface area contributed by atoms with Crippen LogP contribution in [0.15, 0.2) is 34.2 Å². The number of fused-ring (bicyclic) bond motifs is 1. The van der Waals surface area contributed by atoms with Crippen molar-refractivity contribution in [3.8, 4) is 0 Å². The van der Waals surface area contributed by atoms with Crippen LogP contribution in [0.5, 0.6) is 0 Å². The summed E-state index contributed by atoms with van der Waals surface area (Å²) in [6.45, 7) is 5.94. The summed E-state index contributed by atoms with van der Waals surface area (Å²) in [5.74, 6) is -0.223. The van der Waals surface area contributed by atoms with Gasteiger partial charge in [-0.25, -0.2) is 9.37 Å². The highest BCUT2D eigenvalue weighted by Crippen LogP contribution is 2.29. The standard InChI is InChI=1S/C21H21FN4O3S/c1-13-16-10-14(22)2-3-17(16)29-18(13)20(27)26-11-15(12-26)24-5-7-25(8-6-24)21(28)19-23-4-9-30-19/h2-4,9-10,15H,5-8,11-12H2,1H3. The van der Waals surface area contributed by atoms with Crippen molar-refractivity contribution in [3.63, 3.8) is 0 Å². The third-order valence-electron chi connectivity index (χ3n) is 5.98. The quantitative estimate of drug-likeness (QED) is 0.642. The molecule has 0 spiro atoms. The molecule has 2 saturated heterocycles. The first-order valence-electron chi connectivity index (χ1n) is 9.92. The number of piperazine rings is 1. The molecular formula is C21H21FN4O3S. The van der Waals surface area contributed by atoms with Gasteiger partial charge < -0.3 is 14.2 Å². The van der Waals surface area contributed by atoms with E-state index in [-0.39, 0.29) is 29.4 Å². The van der Waals surface area contributed by atoms with Gasteiger partial charge in [-0.05, 0) is 25.1 Å². The summed E-state index contributed by atoms with van der Waals surface area (Å²) >= 11 is 1.36. The molecular weight excluding hydrogens is 407 g/mol. The Bertz CT molecular complexity index is 1100. The summed E-state index contributed by atoms with van der Waals surface area (Å²) in [7, 11) is 0. The fourth-order valence-electron chi connectivity index (χ4n) is 4.15. The lowest BCUT2D eigenvalue weighted by molar-refractivity contribution is 0.00703. The van der Waals surface area contributed by atoms with Crippen molar-refractivity contribution in [2.24, 2.45) is 0 Å². The predicted molar refractivity (Wildman–Crippen MR) is 110 cm³/mol. The maximum Gasteiger partial charge on any atom is 0.289 e. The first-order valence-corrected chi connectivity index (χ1v) is 10.8. The average Bonchev–Trinajstić information content (AvgIpc) is 3.36. The molecule has 30 heavy (non-hydrogen) atoms. The van der Waals surface area contributed by atoms with Crippen molar-refractivity contribution in [3.05, 3.63) is 51.9 Å². The molecule has 2 fully saturated rings. The van der Waals surface area contributed by atoms with Gasteiger partial charge in [0.25, 0.3) is 11.8 Å². The molecule has 0 N–H and O–H groups in total. The molecule has 7 nitrogen and oxygen atoms in total. The fraction of sp³-hybridized carbons (Fsp3) is 0.381. The number of furan rings is 1. The van der Waals surface area contributed by atoms with E-state index < -0.39 is 0 Å². The van der Waals surface area contributed by atoms with Gasteiger partial charge in [-0.3, -0.25) is 14.5 Å². The van der Waals surface area contributed by atoms with Crippen molar-refractivity contribution in [2.75, 3.05) is 39.3 Å². The van der Waals surface area contributed by atoms with Crippen LogP contribution in [-0.4, -0.2) is 76.8 Å². The molecule has 0 unspecified atom stereocenters. The van der Waals surface area contributed by atoms with Gasteiger partial charge in [0.15, 0.2) is 10.8 Å². The second-order valence-electron chi connectivity index (χ2n) is 7.73. The molecule has 0 bridgehead atoms. The van der Waals surface area contributed by atoms with Crippen LogP contribution in [0.2, 0.25) is 0 Å². The highest BCUT2D eigenvalue weighted by molar-refractivity contribution is 7.11. The van der Waals surface area contributed by atoms with E-state index in [0.717, 1.165) is 13.1 Å². The van der Waals surface area contributed by atoms with E-state index in [2.05, 4.69) is 9.88 Å². The van der Waals surface area contributed by atoms with Crippen molar-refractivity contribution < 1.29 is 18.4 Å². The zero-order valence-corrected chi connectivity index (χ0v) is 17.3. The smallest absolute Gasteiger partial charge is 0.289 e. The third kappa shape index (κ3) is 3.27. The number of carbonyl (C=O) groups excluding carboxylic acids is 2. The number of thiazole rings is 1. The molecule has 0 atom stereocenters. The summed E-state index contributed by atoms with van der Waals surface area (Å²) < 4.78 is 19.2. The molecule has 156 valence electrons. The summed E-state index contributed by atoms with van der Waals surface area (Å²) in [4.78, 5) is 35.3. The Morgan fingerprint density at radius 3 is 2.60 bits per heavy atom. The number of nitrogens with zero attached hydrogens (tertiary/aromatic N) is 4. The predicted octanol–water partition coefficient (Wildman–Crippen LogP) is 2.62. The first-order chi connectivity index (χ1) is 14.5. The SMILES string of the molecule is Cc1c(C(=O)N2CC(N3CCN(C(=O)c4nccs4)CC3)C2)oc2ccc(F)cc12. The van der Waals surface area contributed by atoms with E-state index in [1.165, 1.54) is 23.5 Å². The second kappa shape index (κ2) is 7.48. The van der Waals surface area contributed by atoms with Crippen LogP contribution in [0.3, 0.4) is 0 Å². The lowest BCUT2D eigenvalue weighted by Gasteiger charge is -2.47. The van der Waals surface area contributed by atoms with E-state index in [1.807, 2.05) is 10.3 Å². The number of hydrogen-bond acceptors (Lipinski definition) is 6. The lowest BCUT2D eigenvalue weighted by Crippen LogP contribution is -2.64. The van der Waals surface area contributed by atoms with Gasteiger partial charge in [-0.15, -0.1) is 11.3 Å². The number of halogens is 1. The van der Waals surface area contributed by atoms with Gasteiger partial charge in [0.1, 0.15) is 11.4 Å². The third-order valence-corrected chi connectivity index (χ3v) is 6.74. The minimum atomic E-state index is -0.345. The van der Waals surface area contributed by atoms with Crippen molar-refractivity contribution in [1.29, 1.82) is 0 Å². The van der Waals surface area contributed by atoms with Crippen LogP contribution < -0.4 is 0 Å². The van der Waals surface area contributed by atoms with Crippen LogP contribution in [-0.2, 0) is 0 Å². The number of rotatable bonds is 3.